The van der Waals surface area contributed by atoms with Crippen molar-refractivity contribution >= 4 is 21.9 Å². The zero-order valence-electron chi connectivity index (χ0n) is 14.3. The summed E-state index contributed by atoms with van der Waals surface area (Å²) in [7, 11) is 0. The Morgan fingerprint density at radius 1 is 0.828 bits per heavy atom. The monoisotopic (exact) mass is 400 g/mol. The number of ether oxygens (including phenoxy) is 1. The summed E-state index contributed by atoms with van der Waals surface area (Å²) in [6, 6.07) is 6.57. The Balaban J connectivity index is 1.82. The molecule has 0 fully saturated rings. The van der Waals surface area contributed by atoms with Crippen molar-refractivity contribution in [2.75, 3.05) is 0 Å². The lowest BCUT2D eigenvalue weighted by Gasteiger charge is -2.14. The van der Waals surface area contributed by atoms with E-state index in [2.05, 4.69) is 0 Å². The molecule has 4 aromatic rings. The van der Waals surface area contributed by atoms with Crippen molar-refractivity contribution in [2.24, 2.45) is 0 Å². The van der Waals surface area contributed by atoms with Gasteiger partial charge in [-0.3, -0.25) is 0 Å². The lowest BCUT2D eigenvalue weighted by Crippen LogP contribution is -2.26. The minimum Gasteiger partial charge on any atom is -0.507 e. The fourth-order valence-electron chi connectivity index (χ4n) is 3.62. The molecule has 0 radical (unpaired) electrons. The zero-order valence-corrected chi connectivity index (χ0v) is 14.3. The van der Waals surface area contributed by atoms with E-state index in [0.29, 0.717) is 0 Å². The second-order valence-corrected chi connectivity index (χ2v) is 6.55. The lowest BCUT2D eigenvalue weighted by molar-refractivity contribution is -0.00987. The Kier molecular flexibility index (Phi) is 3.53. The summed E-state index contributed by atoms with van der Waals surface area (Å²) in [4.78, 5) is 25.1. The Bertz CT molecular complexity index is 1440. The van der Waals surface area contributed by atoms with Crippen LogP contribution in [0.3, 0.4) is 0 Å². The van der Waals surface area contributed by atoms with E-state index in [0.717, 1.165) is 24.3 Å². The third-order valence-electron chi connectivity index (χ3n) is 4.88. The first kappa shape index (κ1) is 17.4. The highest BCUT2D eigenvalue weighted by Gasteiger charge is 2.43. The van der Waals surface area contributed by atoms with Crippen molar-refractivity contribution in [1.82, 2.24) is 0 Å². The van der Waals surface area contributed by atoms with Gasteiger partial charge in [0.1, 0.15) is 34.3 Å². The number of aliphatic hydroxyl groups excluding tert-OH is 1. The van der Waals surface area contributed by atoms with E-state index in [1.54, 1.807) is 0 Å². The van der Waals surface area contributed by atoms with Crippen molar-refractivity contribution in [3.05, 3.63) is 80.0 Å². The molecule has 2 unspecified atom stereocenters. The molecule has 2 N–H and O–H groups in total. The summed E-state index contributed by atoms with van der Waals surface area (Å²) < 4.78 is 42.4. The van der Waals surface area contributed by atoms with E-state index in [1.807, 2.05) is 0 Å². The van der Waals surface area contributed by atoms with Crippen molar-refractivity contribution in [3.8, 4) is 11.5 Å². The Morgan fingerprint density at radius 3 is 2.03 bits per heavy atom. The van der Waals surface area contributed by atoms with Crippen LogP contribution in [0, 0.1) is 11.6 Å². The van der Waals surface area contributed by atoms with Crippen LogP contribution in [0.5, 0.6) is 11.5 Å². The second-order valence-electron chi connectivity index (χ2n) is 6.55. The highest BCUT2D eigenvalue weighted by molar-refractivity contribution is 5.87. The van der Waals surface area contributed by atoms with Crippen molar-refractivity contribution in [2.45, 2.75) is 12.2 Å². The lowest BCUT2D eigenvalue weighted by atomic mass is 9.92. The van der Waals surface area contributed by atoms with Crippen LogP contribution < -0.4 is 16.0 Å². The summed E-state index contributed by atoms with van der Waals surface area (Å²) in [6.07, 6.45) is -1.73. The van der Waals surface area contributed by atoms with Crippen LogP contribution in [0.1, 0.15) is 17.0 Å². The van der Waals surface area contributed by atoms with Crippen LogP contribution in [0.25, 0.3) is 21.9 Å². The van der Waals surface area contributed by atoms with Gasteiger partial charge in [-0.1, -0.05) is 0 Å². The standard InChI is InChI=1S/C20H10F2O7/c21-7-1-3-9-11(5-7)27-19(25)14(16(9)23)13-15-17(29-18(13)24)10-4-2-8(22)6-12(10)28-20(15)26/h1-6,13,18,23-24H. The first-order chi connectivity index (χ1) is 13.8. The van der Waals surface area contributed by atoms with E-state index in [9.17, 15) is 28.6 Å². The molecule has 0 saturated carbocycles. The normalized spacial score (nSPS) is 18.2. The average Bonchev–Trinajstić information content (AvgIpc) is 2.99. The predicted molar refractivity (Wildman–Crippen MR) is 95.0 cm³/mol. The third-order valence-corrected chi connectivity index (χ3v) is 4.88. The van der Waals surface area contributed by atoms with Gasteiger partial charge in [-0.25, -0.2) is 18.4 Å². The van der Waals surface area contributed by atoms with E-state index >= 15 is 0 Å². The highest BCUT2D eigenvalue weighted by atomic mass is 19.1. The Hall–Kier alpha value is -3.72. The molecule has 3 heterocycles. The SMILES string of the molecule is O=c1oc2cc(F)ccc2c(O)c1C1c2c(c3ccc(F)cc3oc2=O)OC1O. The van der Waals surface area contributed by atoms with Crippen molar-refractivity contribution in [1.29, 1.82) is 0 Å². The molecule has 2 aromatic heterocycles. The summed E-state index contributed by atoms with van der Waals surface area (Å²) >= 11 is 0. The molecule has 2 aromatic carbocycles. The van der Waals surface area contributed by atoms with Crippen molar-refractivity contribution < 1.29 is 32.6 Å². The largest absolute Gasteiger partial charge is 0.507 e. The fraction of sp³-hybridized carbons (Fsp3) is 0.100. The molecule has 5 rings (SSSR count). The number of halogens is 2. The summed E-state index contributed by atoms with van der Waals surface area (Å²) in [5.74, 6) is -3.43. The minimum atomic E-state index is -1.73. The smallest absolute Gasteiger partial charge is 0.344 e. The molecule has 2 atom stereocenters. The van der Waals surface area contributed by atoms with Gasteiger partial charge in [0.2, 0.25) is 6.29 Å². The van der Waals surface area contributed by atoms with Gasteiger partial charge < -0.3 is 23.8 Å². The van der Waals surface area contributed by atoms with Gasteiger partial charge in [0.25, 0.3) is 0 Å². The van der Waals surface area contributed by atoms with Crippen LogP contribution in [0.2, 0.25) is 0 Å². The zero-order chi connectivity index (χ0) is 20.4. The Labute approximate surface area is 159 Å². The first-order valence-corrected chi connectivity index (χ1v) is 8.41. The number of hydrogen-bond acceptors (Lipinski definition) is 7. The van der Waals surface area contributed by atoms with Crippen LogP contribution >= 0.6 is 0 Å². The van der Waals surface area contributed by atoms with Gasteiger partial charge in [0.05, 0.1) is 27.8 Å². The number of aliphatic hydroxyl groups is 1. The molecular weight excluding hydrogens is 390 g/mol. The molecule has 0 spiro atoms. The molecular formula is C20H10F2O7. The van der Waals surface area contributed by atoms with Gasteiger partial charge in [-0.2, -0.15) is 0 Å². The van der Waals surface area contributed by atoms with Crippen LogP contribution in [0.4, 0.5) is 8.78 Å². The maximum atomic E-state index is 13.5. The quantitative estimate of drug-likeness (QED) is 0.473. The summed E-state index contributed by atoms with van der Waals surface area (Å²) in [5.41, 5.74) is -3.03. The molecule has 146 valence electrons. The van der Waals surface area contributed by atoms with Gasteiger partial charge in [-0.15, -0.1) is 0 Å². The molecule has 9 heteroatoms. The fourth-order valence-corrected chi connectivity index (χ4v) is 3.62. The highest BCUT2D eigenvalue weighted by Crippen LogP contribution is 2.45. The molecule has 0 amide bonds. The van der Waals surface area contributed by atoms with Gasteiger partial charge in [-0.05, 0) is 24.3 Å². The van der Waals surface area contributed by atoms with Crippen molar-refractivity contribution in [3.63, 3.8) is 0 Å². The molecule has 1 aliphatic rings. The average molecular weight is 400 g/mol. The van der Waals surface area contributed by atoms with E-state index < -0.39 is 46.4 Å². The minimum absolute atomic E-state index is 0.00824. The maximum Gasteiger partial charge on any atom is 0.344 e. The van der Waals surface area contributed by atoms with Crippen LogP contribution in [-0.2, 0) is 0 Å². The first-order valence-electron chi connectivity index (χ1n) is 8.41. The summed E-state index contributed by atoms with van der Waals surface area (Å²) in [5, 5.41) is 21.3. The van der Waals surface area contributed by atoms with Crippen LogP contribution in [0.15, 0.2) is 54.8 Å². The molecule has 29 heavy (non-hydrogen) atoms. The summed E-state index contributed by atoms with van der Waals surface area (Å²) in [6.45, 7) is 0. The van der Waals surface area contributed by atoms with E-state index in [-0.39, 0.29) is 33.3 Å². The van der Waals surface area contributed by atoms with Gasteiger partial charge in [0, 0.05) is 12.1 Å². The van der Waals surface area contributed by atoms with E-state index in [1.165, 1.54) is 12.1 Å². The number of fused-ring (bicyclic) bond motifs is 4. The molecule has 1 aliphatic heterocycles. The second kappa shape index (κ2) is 5.89. The van der Waals surface area contributed by atoms with Gasteiger partial charge >= 0.3 is 11.3 Å². The predicted octanol–water partition coefficient (Wildman–Crippen LogP) is 2.73. The molecule has 0 saturated heterocycles. The maximum absolute atomic E-state index is 13.5. The topological polar surface area (TPSA) is 110 Å². The van der Waals surface area contributed by atoms with Crippen LogP contribution in [-0.4, -0.2) is 16.5 Å². The van der Waals surface area contributed by atoms with E-state index in [4.69, 9.17) is 13.6 Å². The van der Waals surface area contributed by atoms with Gasteiger partial charge in [0.15, 0.2) is 0 Å². The molecule has 0 bridgehead atoms. The number of rotatable bonds is 1. The number of benzene rings is 2. The Morgan fingerprint density at radius 2 is 1.38 bits per heavy atom. The number of aromatic hydroxyl groups is 1. The number of hydrogen-bond donors (Lipinski definition) is 2. The molecule has 7 nitrogen and oxygen atoms in total. The third kappa shape index (κ3) is 2.44. The molecule has 0 aliphatic carbocycles.